The highest BCUT2D eigenvalue weighted by atomic mass is 79.9. The Kier molecular flexibility index (Phi) is 3.83. The first-order valence-electron chi connectivity index (χ1n) is 4.35. The van der Waals surface area contributed by atoms with Crippen LogP contribution in [0.5, 0.6) is 5.75 Å². The minimum atomic E-state index is -0.617. The monoisotopic (exact) mass is 287 g/mol. The molecule has 86 valence electrons. The Hall–Kier alpha value is -1.63. The van der Waals surface area contributed by atoms with E-state index < -0.39 is 11.0 Å². The van der Waals surface area contributed by atoms with Crippen LogP contribution in [0.15, 0.2) is 22.7 Å². The van der Waals surface area contributed by atoms with E-state index in [1.54, 1.807) is 13.0 Å². The molecule has 1 atom stereocenters. The van der Waals surface area contributed by atoms with Crippen molar-refractivity contribution < 1.29 is 9.66 Å². The zero-order valence-electron chi connectivity index (χ0n) is 8.44. The predicted octanol–water partition coefficient (Wildman–Crippen LogP) is 2.06. The molecule has 0 radical (unpaired) electrons. The number of ether oxygens (including phenoxy) is 1. The Balaban J connectivity index is 2.97. The lowest BCUT2D eigenvalue weighted by Gasteiger charge is -2.12. The smallest absolute Gasteiger partial charge is 0.274 e. The average molecular weight is 288 g/mol. The average Bonchev–Trinajstić information content (AvgIpc) is 2.16. The summed E-state index contributed by atoms with van der Waals surface area (Å²) in [4.78, 5) is 10.1. The van der Waals surface area contributed by atoms with Gasteiger partial charge in [-0.05, 0) is 13.0 Å². The summed E-state index contributed by atoms with van der Waals surface area (Å²) in [5, 5.41) is 17.7. The van der Waals surface area contributed by atoms with Crippen molar-refractivity contribution >= 4 is 27.5 Å². The highest BCUT2D eigenvalue weighted by Crippen LogP contribution is 2.26. The van der Waals surface area contributed by atoms with Crippen LogP contribution >= 0.6 is 15.9 Å². The Morgan fingerprint density at radius 3 is 2.75 bits per heavy atom. The zero-order valence-corrected chi connectivity index (χ0v) is 10.0. The number of nitro groups is 1. The first-order valence-corrected chi connectivity index (χ1v) is 5.15. The van der Waals surface area contributed by atoms with Crippen LogP contribution in [0.3, 0.4) is 0 Å². The molecule has 1 rings (SSSR count). The molecule has 0 aliphatic carbocycles. The third kappa shape index (κ3) is 3.20. The Morgan fingerprint density at radius 1 is 1.62 bits per heavy atom. The van der Waals surface area contributed by atoms with E-state index in [9.17, 15) is 10.1 Å². The molecule has 16 heavy (non-hydrogen) atoms. The van der Waals surface area contributed by atoms with Crippen molar-refractivity contribution in [2.75, 3.05) is 0 Å². The number of benzene rings is 1. The van der Waals surface area contributed by atoms with E-state index in [-0.39, 0.29) is 11.5 Å². The quantitative estimate of drug-likeness (QED) is 0.383. The third-order valence-corrected chi connectivity index (χ3v) is 2.28. The normalized spacial score (nSPS) is 11.9. The molecule has 0 aliphatic heterocycles. The van der Waals surface area contributed by atoms with Crippen molar-refractivity contribution in [1.29, 1.82) is 5.41 Å². The standard InChI is InChI=1S/C9H10BrN3O3/c1-5(9(11)12)16-8-3-6(10)2-7(4-8)13(14)15/h2-5H,1H3,(H3,11,12). The number of rotatable bonds is 4. The van der Waals surface area contributed by atoms with Crippen LogP contribution in [0, 0.1) is 15.5 Å². The number of halogens is 1. The first-order chi connectivity index (χ1) is 7.40. The highest BCUT2D eigenvalue weighted by Gasteiger charge is 2.12. The molecular weight excluding hydrogens is 278 g/mol. The number of nitrogens with two attached hydrogens (primary N) is 1. The molecule has 0 saturated heterocycles. The second-order valence-electron chi connectivity index (χ2n) is 3.12. The van der Waals surface area contributed by atoms with E-state index in [0.29, 0.717) is 10.2 Å². The molecule has 1 unspecified atom stereocenters. The van der Waals surface area contributed by atoms with Gasteiger partial charge in [0.15, 0.2) is 6.10 Å². The zero-order chi connectivity index (χ0) is 12.3. The molecule has 0 aromatic heterocycles. The van der Waals surface area contributed by atoms with Crippen LogP contribution in [-0.4, -0.2) is 16.9 Å². The molecular formula is C9H10BrN3O3. The lowest BCUT2D eigenvalue weighted by Crippen LogP contribution is -2.30. The molecule has 1 aromatic rings. The summed E-state index contributed by atoms with van der Waals surface area (Å²) in [7, 11) is 0. The summed E-state index contributed by atoms with van der Waals surface area (Å²) in [6.07, 6.45) is -0.617. The van der Waals surface area contributed by atoms with Crippen LogP contribution in [0.4, 0.5) is 5.69 Å². The number of amidine groups is 1. The lowest BCUT2D eigenvalue weighted by atomic mass is 10.3. The molecule has 0 spiro atoms. The number of nitrogens with zero attached hydrogens (tertiary/aromatic N) is 1. The third-order valence-electron chi connectivity index (χ3n) is 1.82. The molecule has 0 heterocycles. The summed E-state index contributed by atoms with van der Waals surface area (Å²) < 4.78 is 5.80. The van der Waals surface area contributed by atoms with Gasteiger partial charge in [0.1, 0.15) is 11.6 Å². The molecule has 0 saturated carbocycles. The molecule has 1 aromatic carbocycles. The maximum atomic E-state index is 10.6. The van der Waals surface area contributed by atoms with Gasteiger partial charge in [-0.2, -0.15) is 0 Å². The van der Waals surface area contributed by atoms with Gasteiger partial charge >= 0.3 is 0 Å². The largest absolute Gasteiger partial charge is 0.483 e. The Labute approximate surface area is 100 Å². The maximum absolute atomic E-state index is 10.6. The van der Waals surface area contributed by atoms with Gasteiger partial charge in [0.2, 0.25) is 0 Å². The van der Waals surface area contributed by atoms with Gasteiger partial charge in [-0.3, -0.25) is 15.5 Å². The van der Waals surface area contributed by atoms with Crippen LogP contribution < -0.4 is 10.5 Å². The summed E-state index contributed by atoms with van der Waals surface area (Å²) in [6.45, 7) is 1.59. The fourth-order valence-electron chi connectivity index (χ4n) is 0.989. The highest BCUT2D eigenvalue weighted by molar-refractivity contribution is 9.10. The number of nitro benzene ring substituents is 1. The van der Waals surface area contributed by atoms with E-state index in [4.69, 9.17) is 15.9 Å². The number of non-ortho nitro benzene ring substituents is 1. The second-order valence-corrected chi connectivity index (χ2v) is 4.03. The van der Waals surface area contributed by atoms with Crippen molar-refractivity contribution in [3.05, 3.63) is 32.8 Å². The SMILES string of the molecule is CC(Oc1cc(Br)cc([N+](=O)[O-])c1)C(=N)N. The minimum Gasteiger partial charge on any atom is -0.483 e. The Morgan fingerprint density at radius 2 is 2.25 bits per heavy atom. The van der Waals surface area contributed by atoms with Crippen LogP contribution in [0.2, 0.25) is 0 Å². The van der Waals surface area contributed by atoms with E-state index in [0.717, 1.165) is 0 Å². The maximum Gasteiger partial charge on any atom is 0.274 e. The predicted molar refractivity (Wildman–Crippen MR) is 62.8 cm³/mol. The van der Waals surface area contributed by atoms with Crippen molar-refractivity contribution in [1.82, 2.24) is 0 Å². The fourth-order valence-corrected chi connectivity index (χ4v) is 1.45. The van der Waals surface area contributed by atoms with Gasteiger partial charge in [0.25, 0.3) is 5.69 Å². The number of nitrogens with one attached hydrogen (secondary N) is 1. The van der Waals surface area contributed by atoms with Gasteiger partial charge in [0.05, 0.1) is 11.0 Å². The molecule has 0 amide bonds. The van der Waals surface area contributed by atoms with Crippen LogP contribution in [0.1, 0.15) is 6.92 Å². The topological polar surface area (TPSA) is 102 Å². The van der Waals surface area contributed by atoms with E-state index in [1.807, 2.05) is 0 Å². The Bertz CT molecular complexity index is 436. The van der Waals surface area contributed by atoms with Crippen molar-refractivity contribution in [2.24, 2.45) is 5.73 Å². The van der Waals surface area contributed by atoms with E-state index >= 15 is 0 Å². The first kappa shape index (κ1) is 12.4. The van der Waals surface area contributed by atoms with Crippen molar-refractivity contribution in [2.45, 2.75) is 13.0 Å². The van der Waals surface area contributed by atoms with Gasteiger partial charge in [-0.15, -0.1) is 0 Å². The van der Waals surface area contributed by atoms with Crippen LogP contribution in [-0.2, 0) is 0 Å². The number of hydrogen-bond donors (Lipinski definition) is 2. The van der Waals surface area contributed by atoms with Crippen LogP contribution in [0.25, 0.3) is 0 Å². The fraction of sp³-hybridized carbons (Fsp3) is 0.222. The lowest BCUT2D eigenvalue weighted by molar-refractivity contribution is -0.385. The second kappa shape index (κ2) is 4.93. The van der Waals surface area contributed by atoms with Crippen molar-refractivity contribution in [3.8, 4) is 5.75 Å². The van der Waals surface area contributed by atoms with Gasteiger partial charge < -0.3 is 10.5 Å². The molecule has 0 aliphatic rings. The van der Waals surface area contributed by atoms with Crippen molar-refractivity contribution in [3.63, 3.8) is 0 Å². The summed E-state index contributed by atoms with van der Waals surface area (Å²) in [5.74, 6) is 0.159. The van der Waals surface area contributed by atoms with E-state index in [1.165, 1.54) is 12.1 Å². The molecule has 0 bridgehead atoms. The van der Waals surface area contributed by atoms with Gasteiger partial charge in [0, 0.05) is 10.5 Å². The number of hydrogen-bond acceptors (Lipinski definition) is 4. The van der Waals surface area contributed by atoms with E-state index in [2.05, 4.69) is 15.9 Å². The van der Waals surface area contributed by atoms with Gasteiger partial charge in [-0.1, -0.05) is 15.9 Å². The summed E-state index contributed by atoms with van der Waals surface area (Å²) in [5.41, 5.74) is 5.15. The molecule has 7 heteroatoms. The summed E-state index contributed by atoms with van der Waals surface area (Å²) >= 11 is 3.14. The molecule has 3 N–H and O–H groups in total. The summed E-state index contributed by atoms with van der Waals surface area (Å²) in [6, 6.07) is 4.22. The van der Waals surface area contributed by atoms with Gasteiger partial charge in [-0.25, -0.2) is 0 Å². The molecule has 0 fully saturated rings. The molecule has 6 nitrogen and oxygen atoms in total. The minimum absolute atomic E-state index is 0.0832.